The Hall–Kier alpha value is -0.660. The minimum atomic E-state index is -0.310. The van der Waals surface area contributed by atoms with Gasteiger partial charge in [-0.1, -0.05) is 27.7 Å². The normalized spacial score (nSPS) is 12.5. The summed E-state index contributed by atoms with van der Waals surface area (Å²) in [6, 6.07) is 0. The van der Waals surface area contributed by atoms with Gasteiger partial charge in [0.25, 0.3) is 0 Å². The first-order valence-electron chi connectivity index (χ1n) is 7.38. The molecule has 0 N–H and O–H groups in total. The number of carbonyl (C=O) groups excluding carboxylic acids is 1. The molecule has 19 heavy (non-hydrogen) atoms. The molecule has 0 saturated carbocycles. The third kappa shape index (κ3) is 7.49. The summed E-state index contributed by atoms with van der Waals surface area (Å²) in [5, 5.41) is 0. The van der Waals surface area contributed by atoms with Crippen LogP contribution < -0.4 is 0 Å². The van der Waals surface area contributed by atoms with Crippen molar-refractivity contribution in [3.63, 3.8) is 0 Å². The van der Waals surface area contributed by atoms with Gasteiger partial charge in [-0.2, -0.15) is 0 Å². The van der Waals surface area contributed by atoms with E-state index in [1.54, 1.807) is 0 Å². The minimum absolute atomic E-state index is 0.0995. The predicted octanol–water partition coefficient (Wildman–Crippen LogP) is 5.27. The highest BCUT2D eigenvalue weighted by Crippen LogP contribution is 2.39. The quantitative estimate of drug-likeness (QED) is 0.503. The van der Waals surface area contributed by atoms with Gasteiger partial charge in [0.1, 0.15) is 5.41 Å². The molecular weight excluding hydrogens is 236 g/mol. The third-order valence-electron chi connectivity index (χ3n) is 4.43. The van der Waals surface area contributed by atoms with Crippen LogP contribution in [0, 0.1) is 23.2 Å². The zero-order valence-corrected chi connectivity index (χ0v) is 14.6. The summed E-state index contributed by atoms with van der Waals surface area (Å²) in [7, 11) is 0. The average molecular weight is 271 g/mol. The molecule has 0 aliphatic carbocycles. The highest BCUT2D eigenvalue weighted by Gasteiger charge is 2.36. The molecule has 0 fully saturated rings. The highest BCUT2D eigenvalue weighted by molar-refractivity contribution is 5.75. The summed E-state index contributed by atoms with van der Waals surface area (Å²) in [5.41, 5.74) is 0.255. The Morgan fingerprint density at radius 1 is 0.947 bits per heavy atom. The van der Waals surface area contributed by atoms with Crippen LogP contribution in [0.15, 0.2) is 0 Å². The van der Waals surface area contributed by atoms with Gasteiger partial charge >= 0.3 is 5.97 Å². The molecule has 0 aliphatic rings. The molecular formula is C17H35O2+. The third-order valence-corrected chi connectivity index (χ3v) is 4.43. The molecule has 0 amide bonds. The molecule has 0 bridgehead atoms. The van der Waals surface area contributed by atoms with Crippen molar-refractivity contribution >= 4 is 5.97 Å². The van der Waals surface area contributed by atoms with Crippen molar-refractivity contribution in [2.45, 2.75) is 75.2 Å². The van der Waals surface area contributed by atoms with Crippen molar-refractivity contribution in [1.82, 2.24) is 0 Å². The molecule has 0 unspecified atom stereocenters. The van der Waals surface area contributed by atoms with Crippen molar-refractivity contribution in [3.8, 4) is 0 Å². The fraction of sp³-hybridized carbons (Fsp3) is 0.882. The number of hydrogen-bond acceptors (Lipinski definition) is 2. The fourth-order valence-corrected chi connectivity index (χ4v) is 0.949. The Bertz CT molecular complexity index is 257. The second-order valence-corrected chi connectivity index (χ2v) is 7.08. The zero-order valence-electron chi connectivity index (χ0n) is 14.6. The van der Waals surface area contributed by atoms with E-state index in [4.69, 9.17) is 4.74 Å². The van der Waals surface area contributed by atoms with E-state index < -0.39 is 0 Å². The highest BCUT2D eigenvalue weighted by atomic mass is 16.5. The lowest BCUT2D eigenvalue weighted by Crippen LogP contribution is -2.28. The van der Waals surface area contributed by atoms with E-state index in [0.717, 1.165) is 6.42 Å². The predicted molar refractivity (Wildman–Crippen MR) is 83.9 cm³/mol. The average Bonchev–Trinajstić information content (AvgIpc) is 2.28. The van der Waals surface area contributed by atoms with Crippen LogP contribution >= 0.6 is 0 Å². The molecule has 2 heteroatoms. The van der Waals surface area contributed by atoms with Crippen LogP contribution in [0.5, 0.6) is 0 Å². The van der Waals surface area contributed by atoms with E-state index in [9.17, 15) is 4.79 Å². The topological polar surface area (TPSA) is 26.3 Å². The van der Waals surface area contributed by atoms with Gasteiger partial charge in [-0.15, -0.1) is 0 Å². The van der Waals surface area contributed by atoms with Crippen molar-refractivity contribution in [2.75, 3.05) is 6.61 Å². The lowest BCUT2D eigenvalue weighted by Gasteiger charge is -2.31. The Kier molecular flexibility index (Phi) is 8.49. The standard InChI is InChI=1S/C9H19.C8H16O2/c1-7-9(5,6)8(2,3)4;1-5-8(3,4)7(9)10-6-2/h2,7H2,1,3-6H3;5-6H2,1-4H3/q+1;. The van der Waals surface area contributed by atoms with Crippen molar-refractivity contribution in [3.05, 3.63) is 6.92 Å². The number of esters is 1. The van der Waals surface area contributed by atoms with E-state index in [-0.39, 0.29) is 16.8 Å². The van der Waals surface area contributed by atoms with Crippen molar-refractivity contribution < 1.29 is 9.53 Å². The Morgan fingerprint density at radius 3 is 1.53 bits per heavy atom. The molecule has 0 heterocycles. The van der Waals surface area contributed by atoms with Crippen molar-refractivity contribution in [2.24, 2.45) is 16.2 Å². The van der Waals surface area contributed by atoms with E-state index in [1.165, 1.54) is 6.42 Å². The number of rotatable bonds is 5. The second-order valence-electron chi connectivity index (χ2n) is 7.08. The zero-order chi connectivity index (χ0) is 15.9. The summed E-state index contributed by atoms with van der Waals surface area (Å²) < 4.78 is 4.86. The molecule has 0 aromatic heterocycles. The van der Waals surface area contributed by atoms with Gasteiger partial charge in [0, 0.05) is 5.41 Å². The fourth-order valence-electron chi connectivity index (χ4n) is 0.949. The van der Waals surface area contributed by atoms with Gasteiger partial charge in [0.2, 0.25) is 0 Å². The molecule has 0 atom stereocenters. The van der Waals surface area contributed by atoms with E-state index >= 15 is 0 Å². The Morgan fingerprint density at radius 2 is 1.37 bits per heavy atom. The molecule has 0 aliphatic heterocycles. The van der Waals surface area contributed by atoms with Crippen LogP contribution in [0.3, 0.4) is 0 Å². The molecule has 0 aromatic carbocycles. The van der Waals surface area contributed by atoms with Crippen LogP contribution in [0.2, 0.25) is 0 Å². The van der Waals surface area contributed by atoms with Gasteiger partial charge in [0.15, 0.2) is 0 Å². The molecule has 0 saturated heterocycles. The summed E-state index contributed by atoms with van der Waals surface area (Å²) in [6.45, 7) is 23.3. The van der Waals surface area contributed by atoms with Crippen LogP contribution in [0.25, 0.3) is 0 Å². The lowest BCUT2D eigenvalue weighted by molar-refractivity contribution is -0.153. The van der Waals surface area contributed by atoms with E-state index in [2.05, 4.69) is 41.5 Å². The molecule has 0 radical (unpaired) electrons. The maximum Gasteiger partial charge on any atom is 0.311 e. The van der Waals surface area contributed by atoms with Crippen LogP contribution in [-0.2, 0) is 9.53 Å². The molecule has 0 rings (SSSR count). The van der Waals surface area contributed by atoms with Gasteiger partial charge in [-0.05, 0) is 47.5 Å². The summed E-state index contributed by atoms with van der Waals surface area (Å²) >= 11 is 0. The maximum atomic E-state index is 11.1. The Balaban J connectivity index is 0. The number of ether oxygens (including phenoxy) is 1. The summed E-state index contributed by atoms with van der Waals surface area (Å²) in [6.07, 6.45) is 2.02. The van der Waals surface area contributed by atoms with Gasteiger partial charge in [-0.25, -0.2) is 0 Å². The maximum absolute atomic E-state index is 11.1. The second kappa shape index (κ2) is 7.81. The largest absolute Gasteiger partial charge is 0.466 e. The van der Waals surface area contributed by atoms with Crippen LogP contribution in [-0.4, -0.2) is 12.6 Å². The first-order chi connectivity index (χ1) is 8.35. The summed E-state index contributed by atoms with van der Waals surface area (Å²) in [4.78, 5) is 11.1. The van der Waals surface area contributed by atoms with Crippen LogP contribution in [0.4, 0.5) is 0 Å². The molecule has 0 aromatic rings. The van der Waals surface area contributed by atoms with Crippen LogP contribution in [0.1, 0.15) is 75.2 Å². The number of carbonyl (C=O) groups is 1. The SMILES string of the molecule is CCOC(=O)C(C)(C)CC.[CH2+]C(C)(C)C(C)(C)CC. The smallest absolute Gasteiger partial charge is 0.311 e. The Labute approximate surface area is 121 Å². The van der Waals surface area contributed by atoms with Gasteiger partial charge in [-0.3, -0.25) is 4.79 Å². The first-order valence-corrected chi connectivity index (χ1v) is 7.38. The van der Waals surface area contributed by atoms with Gasteiger partial charge < -0.3 is 4.74 Å². The molecule has 114 valence electrons. The monoisotopic (exact) mass is 271 g/mol. The minimum Gasteiger partial charge on any atom is -0.466 e. The molecule has 0 spiro atoms. The summed E-state index contributed by atoms with van der Waals surface area (Å²) in [5.74, 6) is -0.0995. The van der Waals surface area contributed by atoms with E-state index in [0.29, 0.717) is 12.0 Å². The number of hydrogen-bond donors (Lipinski definition) is 0. The van der Waals surface area contributed by atoms with Crippen molar-refractivity contribution in [1.29, 1.82) is 0 Å². The van der Waals surface area contributed by atoms with E-state index in [1.807, 2.05) is 27.7 Å². The lowest BCUT2D eigenvalue weighted by atomic mass is 9.68. The molecule has 2 nitrogen and oxygen atoms in total. The first kappa shape index (κ1) is 20.7. The van der Waals surface area contributed by atoms with Gasteiger partial charge in [0.05, 0.1) is 18.9 Å².